The van der Waals surface area contributed by atoms with Gasteiger partial charge in [-0.15, -0.1) is 0 Å². The van der Waals surface area contributed by atoms with Crippen molar-refractivity contribution in [1.82, 2.24) is 10.2 Å². The third-order valence-corrected chi connectivity index (χ3v) is 4.01. The molecule has 0 aromatic heterocycles. The van der Waals surface area contributed by atoms with E-state index in [4.69, 9.17) is 0 Å². The fraction of sp³-hybridized carbons (Fsp3) is 0.600. The molecule has 0 saturated carbocycles. The van der Waals surface area contributed by atoms with Gasteiger partial charge in [-0.1, -0.05) is 6.07 Å². The zero-order valence-electron chi connectivity index (χ0n) is 12.1. The van der Waals surface area contributed by atoms with Crippen molar-refractivity contribution in [3.8, 4) is 17.2 Å². The molecule has 20 heavy (non-hydrogen) atoms. The second-order valence-corrected chi connectivity index (χ2v) is 5.82. The lowest BCUT2D eigenvalue weighted by atomic mass is 10.1. The van der Waals surface area contributed by atoms with Gasteiger partial charge in [0, 0.05) is 24.7 Å². The van der Waals surface area contributed by atoms with Gasteiger partial charge in [0.1, 0.15) is 0 Å². The summed E-state index contributed by atoms with van der Waals surface area (Å²) < 4.78 is 0. The molecule has 1 aliphatic rings. The number of hydrogen-bond acceptors (Lipinski definition) is 5. The first-order valence-corrected chi connectivity index (χ1v) is 7.16. The van der Waals surface area contributed by atoms with Crippen LogP contribution in [0.4, 0.5) is 0 Å². The van der Waals surface area contributed by atoms with E-state index in [9.17, 15) is 15.3 Å². The zero-order chi connectivity index (χ0) is 14.7. The minimum atomic E-state index is -0.448. The van der Waals surface area contributed by atoms with Gasteiger partial charge in [-0.3, -0.25) is 0 Å². The number of likely N-dealkylation sites (tertiary alicyclic amines) is 1. The summed E-state index contributed by atoms with van der Waals surface area (Å²) in [6, 6.07) is 3.60. The van der Waals surface area contributed by atoms with Gasteiger partial charge in [0.25, 0.3) is 0 Å². The van der Waals surface area contributed by atoms with Crippen LogP contribution in [0.1, 0.15) is 25.8 Å². The highest BCUT2D eigenvalue weighted by Gasteiger charge is 2.23. The van der Waals surface area contributed by atoms with Crippen LogP contribution in [0.15, 0.2) is 12.1 Å². The molecule has 1 fully saturated rings. The standard InChI is InChI=1S/C15H24N2O3/c1-10(2)17-6-5-11(9-17)7-16-8-12-3-4-13(18)15(20)14(12)19/h3-4,10-11,16,18-20H,5-9H2,1-2H3. The first kappa shape index (κ1) is 14.9. The minimum absolute atomic E-state index is 0.243. The first-order valence-electron chi connectivity index (χ1n) is 7.16. The molecule has 0 bridgehead atoms. The van der Waals surface area contributed by atoms with Gasteiger partial charge in [0.2, 0.25) is 5.75 Å². The molecule has 1 aliphatic heterocycles. The van der Waals surface area contributed by atoms with Gasteiger partial charge in [-0.25, -0.2) is 0 Å². The second-order valence-electron chi connectivity index (χ2n) is 5.82. The van der Waals surface area contributed by atoms with E-state index in [0.717, 1.165) is 19.6 Å². The fourth-order valence-corrected chi connectivity index (χ4v) is 2.66. The number of aromatic hydroxyl groups is 3. The maximum absolute atomic E-state index is 9.73. The van der Waals surface area contributed by atoms with Crippen LogP contribution in [0.25, 0.3) is 0 Å². The summed E-state index contributed by atoms with van der Waals surface area (Å²) in [6.45, 7) is 8.06. The SMILES string of the molecule is CC(C)N1CCC(CNCc2ccc(O)c(O)c2O)C1. The fourth-order valence-electron chi connectivity index (χ4n) is 2.66. The molecule has 0 spiro atoms. The van der Waals surface area contributed by atoms with E-state index in [0.29, 0.717) is 24.1 Å². The van der Waals surface area contributed by atoms with Crippen LogP contribution in [-0.2, 0) is 6.54 Å². The van der Waals surface area contributed by atoms with Gasteiger partial charge in [0.05, 0.1) is 0 Å². The van der Waals surface area contributed by atoms with Crippen LogP contribution in [0.2, 0.25) is 0 Å². The van der Waals surface area contributed by atoms with Crippen molar-refractivity contribution in [2.24, 2.45) is 5.92 Å². The van der Waals surface area contributed by atoms with Crippen LogP contribution < -0.4 is 5.32 Å². The predicted molar refractivity (Wildman–Crippen MR) is 78.0 cm³/mol. The molecule has 5 nitrogen and oxygen atoms in total. The van der Waals surface area contributed by atoms with Crippen molar-refractivity contribution in [2.75, 3.05) is 19.6 Å². The number of nitrogens with one attached hydrogen (secondary N) is 1. The van der Waals surface area contributed by atoms with Crippen molar-refractivity contribution in [3.63, 3.8) is 0 Å². The lowest BCUT2D eigenvalue weighted by Crippen LogP contribution is -2.30. The summed E-state index contributed by atoms with van der Waals surface area (Å²) in [5, 5.41) is 31.8. The number of phenols is 3. The van der Waals surface area contributed by atoms with Gasteiger partial charge >= 0.3 is 0 Å². The smallest absolute Gasteiger partial charge is 0.200 e. The Morgan fingerprint density at radius 3 is 2.65 bits per heavy atom. The quantitative estimate of drug-likeness (QED) is 0.617. The van der Waals surface area contributed by atoms with E-state index >= 15 is 0 Å². The molecule has 0 aliphatic carbocycles. The van der Waals surface area contributed by atoms with E-state index in [1.807, 2.05) is 0 Å². The molecule has 0 radical (unpaired) electrons. The Morgan fingerprint density at radius 2 is 2.00 bits per heavy atom. The summed E-state index contributed by atoms with van der Waals surface area (Å²) in [6.07, 6.45) is 1.19. The minimum Gasteiger partial charge on any atom is -0.504 e. The monoisotopic (exact) mass is 280 g/mol. The lowest BCUT2D eigenvalue weighted by molar-refractivity contribution is 0.264. The molecule has 112 valence electrons. The van der Waals surface area contributed by atoms with Crippen molar-refractivity contribution in [3.05, 3.63) is 17.7 Å². The molecular formula is C15H24N2O3. The number of nitrogens with zero attached hydrogens (tertiary/aromatic N) is 1. The van der Waals surface area contributed by atoms with Crippen LogP contribution in [0, 0.1) is 5.92 Å². The molecule has 1 heterocycles. The van der Waals surface area contributed by atoms with Crippen LogP contribution in [-0.4, -0.2) is 45.9 Å². The zero-order valence-corrected chi connectivity index (χ0v) is 12.1. The molecule has 1 aromatic carbocycles. The normalized spacial score (nSPS) is 19.9. The Labute approximate surface area is 119 Å². The summed E-state index contributed by atoms with van der Waals surface area (Å²) in [5.74, 6) is -0.358. The van der Waals surface area contributed by atoms with Crippen LogP contribution in [0.5, 0.6) is 17.2 Å². The van der Waals surface area contributed by atoms with E-state index in [-0.39, 0.29) is 11.5 Å². The highest BCUT2D eigenvalue weighted by Crippen LogP contribution is 2.36. The largest absolute Gasteiger partial charge is 0.504 e. The van der Waals surface area contributed by atoms with Crippen LogP contribution >= 0.6 is 0 Å². The summed E-state index contributed by atoms with van der Waals surface area (Å²) in [5.41, 5.74) is 0.596. The molecule has 5 heteroatoms. The van der Waals surface area contributed by atoms with E-state index in [1.165, 1.54) is 12.5 Å². The van der Waals surface area contributed by atoms with Gasteiger partial charge in [-0.05, 0) is 45.3 Å². The van der Waals surface area contributed by atoms with E-state index < -0.39 is 5.75 Å². The van der Waals surface area contributed by atoms with Gasteiger partial charge in [0.15, 0.2) is 11.5 Å². The molecular weight excluding hydrogens is 256 g/mol. The molecule has 4 N–H and O–H groups in total. The summed E-state index contributed by atoms with van der Waals surface area (Å²) >= 11 is 0. The molecule has 2 rings (SSSR count). The number of benzene rings is 1. The second kappa shape index (κ2) is 6.33. The number of rotatable bonds is 5. The highest BCUT2D eigenvalue weighted by molar-refractivity contribution is 5.52. The third kappa shape index (κ3) is 3.35. The highest BCUT2D eigenvalue weighted by atomic mass is 16.3. The molecule has 1 unspecified atom stereocenters. The Bertz CT molecular complexity index is 463. The average molecular weight is 280 g/mol. The Hall–Kier alpha value is -1.46. The third-order valence-electron chi connectivity index (χ3n) is 4.01. The van der Waals surface area contributed by atoms with Gasteiger partial charge in [-0.2, -0.15) is 0 Å². The maximum Gasteiger partial charge on any atom is 0.200 e. The number of hydrogen-bond donors (Lipinski definition) is 4. The number of phenolic OH excluding ortho intramolecular Hbond substituents is 3. The molecule has 1 atom stereocenters. The van der Waals surface area contributed by atoms with E-state index in [2.05, 4.69) is 24.1 Å². The predicted octanol–water partition coefficient (Wildman–Crippen LogP) is 1.62. The summed E-state index contributed by atoms with van der Waals surface area (Å²) in [7, 11) is 0. The van der Waals surface area contributed by atoms with Crippen LogP contribution in [0.3, 0.4) is 0 Å². The Balaban J connectivity index is 1.81. The van der Waals surface area contributed by atoms with Crippen molar-refractivity contribution in [1.29, 1.82) is 0 Å². The van der Waals surface area contributed by atoms with Gasteiger partial charge < -0.3 is 25.5 Å². The first-order chi connectivity index (χ1) is 9.49. The topological polar surface area (TPSA) is 76.0 Å². The van der Waals surface area contributed by atoms with Crippen molar-refractivity contribution in [2.45, 2.75) is 32.9 Å². The summed E-state index contributed by atoms with van der Waals surface area (Å²) in [4.78, 5) is 2.47. The van der Waals surface area contributed by atoms with E-state index in [1.54, 1.807) is 6.07 Å². The van der Waals surface area contributed by atoms with Crippen molar-refractivity contribution < 1.29 is 15.3 Å². The molecule has 1 saturated heterocycles. The maximum atomic E-state index is 9.73. The lowest BCUT2D eigenvalue weighted by Gasteiger charge is -2.20. The molecule has 1 aromatic rings. The Kier molecular flexibility index (Phi) is 4.73. The Morgan fingerprint density at radius 1 is 1.25 bits per heavy atom. The average Bonchev–Trinajstić information content (AvgIpc) is 2.88. The van der Waals surface area contributed by atoms with Crippen molar-refractivity contribution >= 4 is 0 Å². The molecule has 0 amide bonds.